The smallest absolute Gasteiger partial charge is 0.233 e. The summed E-state index contributed by atoms with van der Waals surface area (Å²) in [6, 6.07) is 0. The molecule has 0 saturated carbocycles. The van der Waals surface area contributed by atoms with Gasteiger partial charge in [-0.25, -0.2) is 0 Å². The average molecular weight is 598 g/mol. The highest BCUT2D eigenvalue weighted by Crippen LogP contribution is 2.35. The number of carbonyl (C=O) groups is 5. The lowest BCUT2D eigenvalue weighted by molar-refractivity contribution is -0.142. The third kappa shape index (κ3) is 14.3. The zero-order valence-corrected chi connectivity index (χ0v) is 29.1. The average Bonchev–Trinajstić information content (AvgIpc) is 3.30. The Balaban J connectivity index is 0.000000743. The van der Waals surface area contributed by atoms with Gasteiger partial charge < -0.3 is 5.32 Å². The summed E-state index contributed by atoms with van der Waals surface area (Å²) < 4.78 is 0. The normalized spacial score (nSPS) is 19.5. The van der Waals surface area contributed by atoms with Crippen molar-refractivity contribution in [2.24, 2.45) is 28.6 Å². The maximum absolute atomic E-state index is 12.3. The van der Waals surface area contributed by atoms with Crippen molar-refractivity contribution in [1.82, 2.24) is 15.1 Å². The van der Waals surface area contributed by atoms with Crippen molar-refractivity contribution in [3.8, 4) is 0 Å². The van der Waals surface area contributed by atoms with Crippen LogP contribution in [0.25, 0.3) is 0 Å². The lowest BCUT2D eigenvalue weighted by Gasteiger charge is -2.24. The van der Waals surface area contributed by atoms with Gasteiger partial charge in [0.25, 0.3) is 0 Å². The Labute approximate surface area is 251 Å². The summed E-state index contributed by atoms with van der Waals surface area (Å²) in [5.41, 5.74) is 0.114. The zero-order valence-electron chi connectivity index (χ0n) is 28.2. The molecule has 2 aliphatic heterocycles. The van der Waals surface area contributed by atoms with Crippen LogP contribution < -0.4 is 5.32 Å². The van der Waals surface area contributed by atoms with E-state index in [1.807, 2.05) is 48.5 Å². The van der Waals surface area contributed by atoms with Crippen LogP contribution >= 0.6 is 7.92 Å². The molecular weight excluding hydrogens is 537 g/mol. The van der Waals surface area contributed by atoms with E-state index in [1.54, 1.807) is 0 Å². The molecule has 5 amide bonds. The number of unbranched alkanes of at least 4 members (excludes halogenated alkanes) is 1. The van der Waals surface area contributed by atoms with Gasteiger partial charge in [-0.15, -0.1) is 7.92 Å². The molecule has 9 heteroatoms. The monoisotopic (exact) mass is 597 g/mol. The molecule has 0 radical (unpaired) electrons. The molecule has 2 aliphatic rings. The van der Waals surface area contributed by atoms with Crippen molar-refractivity contribution in [1.29, 1.82) is 0 Å². The van der Waals surface area contributed by atoms with E-state index in [9.17, 15) is 24.0 Å². The predicted octanol–water partition coefficient (Wildman–Crippen LogP) is 5.92. The van der Waals surface area contributed by atoms with Crippen molar-refractivity contribution in [2.75, 3.05) is 39.1 Å². The van der Waals surface area contributed by atoms with E-state index >= 15 is 0 Å². The second-order valence-corrected chi connectivity index (χ2v) is 16.5. The van der Waals surface area contributed by atoms with Crippen LogP contribution in [0.2, 0.25) is 0 Å². The van der Waals surface area contributed by atoms with Crippen molar-refractivity contribution in [3.63, 3.8) is 0 Å². The first-order chi connectivity index (χ1) is 18.8. The van der Waals surface area contributed by atoms with Crippen molar-refractivity contribution >= 4 is 37.5 Å². The number of hydrogen-bond acceptors (Lipinski definition) is 5. The number of rotatable bonds is 11. The highest BCUT2D eigenvalue weighted by Gasteiger charge is 2.44. The van der Waals surface area contributed by atoms with E-state index in [2.05, 4.69) is 39.4 Å². The van der Waals surface area contributed by atoms with Crippen LogP contribution in [0.4, 0.5) is 0 Å². The number of hydrogen-bond donors (Lipinski definition) is 1. The summed E-state index contributed by atoms with van der Waals surface area (Å²) in [6.45, 7) is 26.4. The molecule has 0 bridgehead atoms. The fourth-order valence-corrected chi connectivity index (χ4v) is 5.26. The Morgan fingerprint density at radius 1 is 0.878 bits per heavy atom. The molecule has 0 aliphatic carbocycles. The Bertz CT molecular complexity index is 874. The van der Waals surface area contributed by atoms with Crippen LogP contribution in [-0.2, 0) is 24.0 Å². The summed E-state index contributed by atoms with van der Waals surface area (Å²) in [5.74, 6) is -0.394. The number of amides is 5. The molecule has 2 fully saturated rings. The molecule has 0 aromatic heterocycles. The van der Waals surface area contributed by atoms with Gasteiger partial charge in [0.15, 0.2) is 0 Å². The van der Waals surface area contributed by atoms with Gasteiger partial charge in [0, 0.05) is 44.8 Å². The van der Waals surface area contributed by atoms with Crippen LogP contribution in [0.5, 0.6) is 0 Å². The van der Waals surface area contributed by atoms with Gasteiger partial charge in [-0.3, -0.25) is 33.8 Å². The largest absolute Gasteiger partial charge is 0.356 e. The molecule has 2 atom stereocenters. The first-order valence-corrected chi connectivity index (χ1v) is 17.9. The highest BCUT2D eigenvalue weighted by molar-refractivity contribution is 7.56. The summed E-state index contributed by atoms with van der Waals surface area (Å²) in [7, 11) is -0.0159. The third-order valence-electron chi connectivity index (χ3n) is 7.38. The highest BCUT2D eigenvalue weighted by atomic mass is 31.1. The topological polar surface area (TPSA) is 104 Å². The maximum Gasteiger partial charge on any atom is 0.233 e. The quantitative estimate of drug-likeness (QED) is 0.181. The summed E-state index contributed by atoms with van der Waals surface area (Å²) in [4.78, 5) is 62.5. The van der Waals surface area contributed by atoms with Crippen LogP contribution in [0.15, 0.2) is 0 Å². The molecule has 0 aromatic rings. The first kappa shape index (κ1) is 39.2. The van der Waals surface area contributed by atoms with E-state index < -0.39 is 0 Å². The number of imide groups is 2. The van der Waals surface area contributed by atoms with Crippen molar-refractivity contribution < 1.29 is 24.0 Å². The molecule has 2 heterocycles. The first-order valence-electron chi connectivity index (χ1n) is 15.4. The molecule has 2 unspecified atom stereocenters. The van der Waals surface area contributed by atoms with E-state index in [0.29, 0.717) is 24.9 Å². The van der Waals surface area contributed by atoms with Gasteiger partial charge in [0.1, 0.15) is 0 Å². The van der Waals surface area contributed by atoms with Gasteiger partial charge in [0.05, 0.1) is 5.92 Å². The van der Waals surface area contributed by atoms with E-state index in [-0.39, 0.29) is 80.0 Å². The minimum absolute atomic E-state index is 0.0159. The maximum atomic E-state index is 12.3. The third-order valence-corrected chi connectivity index (χ3v) is 8.49. The molecule has 238 valence electrons. The molecule has 41 heavy (non-hydrogen) atoms. The number of likely N-dealkylation sites (tertiary alicyclic amines) is 2. The van der Waals surface area contributed by atoms with Crippen molar-refractivity contribution in [3.05, 3.63) is 0 Å². The van der Waals surface area contributed by atoms with Gasteiger partial charge in [0.2, 0.25) is 29.5 Å². The Hall–Kier alpha value is -1.82. The molecule has 8 nitrogen and oxygen atoms in total. The Morgan fingerprint density at radius 2 is 1.41 bits per heavy atom. The molecular formula is C32H60N3O5P. The summed E-state index contributed by atoms with van der Waals surface area (Å²) in [5, 5.41) is 2.84. The molecule has 0 spiro atoms. The van der Waals surface area contributed by atoms with Gasteiger partial charge in [-0.05, 0) is 49.1 Å². The second kappa shape index (κ2) is 18.0. The SMILES string of the molecule is CC.CC(C)C1CC(=O)N(CCCCC(C)(C)C)C1=O.CP(C)CCNC(=O)CCN1C(=O)CC(C(C)(C)C)C1=O. The molecule has 2 saturated heterocycles. The standard InChI is InChI=1S/C15H27N2O3P.C15H27NO2.C2H6/c1-15(2,3)11-10-13(19)17(14(11)20)8-6-12(18)16-7-9-21(4)5;1-11(2)12-10-13(17)16(14(12)18)9-7-6-8-15(3,4)5;1-2/h11H,6-10H2,1-5H3,(H,16,18);11-12H,6-10H2,1-5H3;1-2H3. The van der Waals surface area contributed by atoms with Crippen molar-refractivity contribution in [2.45, 2.75) is 108 Å². The number of nitrogens with one attached hydrogen (secondary N) is 1. The minimum Gasteiger partial charge on any atom is -0.356 e. The molecule has 1 N–H and O–H groups in total. The fourth-order valence-electron chi connectivity index (χ4n) is 4.71. The van der Waals surface area contributed by atoms with Crippen LogP contribution in [0.1, 0.15) is 108 Å². The molecule has 2 rings (SSSR count). The van der Waals surface area contributed by atoms with Crippen LogP contribution in [0, 0.1) is 28.6 Å². The van der Waals surface area contributed by atoms with Gasteiger partial charge in [-0.1, -0.05) is 75.7 Å². The number of nitrogens with zero attached hydrogens (tertiary/aromatic N) is 2. The summed E-state index contributed by atoms with van der Waals surface area (Å²) >= 11 is 0. The summed E-state index contributed by atoms with van der Waals surface area (Å²) in [6.07, 6.45) is 5.01. The lowest BCUT2D eigenvalue weighted by Crippen LogP contribution is -2.37. The molecule has 0 aromatic carbocycles. The van der Waals surface area contributed by atoms with E-state index in [0.717, 1.165) is 25.4 Å². The van der Waals surface area contributed by atoms with Crippen LogP contribution in [-0.4, -0.2) is 78.5 Å². The van der Waals surface area contributed by atoms with Gasteiger partial charge >= 0.3 is 0 Å². The minimum atomic E-state index is -0.267. The Kier molecular flexibility index (Phi) is 17.2. The van der Waals surface area contributed by atoms with Gasteiger partial charge in [-0.2, -0.15) is 0 Å². The Morgan fingerprint density at radius 3 is 1.85 bits per heavy atom. The second-order valence-electron chi connectivity index (χ2n) is 13.9. The lowest BCUT2D eigenvalue weighted by atomic mass is 9.80. The zero-order chi connectivity index (χ0) is 32.1. The van der Waals surface area contributed by atoms with E-state index in [1.165, 1.54) is 9.80 Å². The van der Waals surface area contributed by atoms with E-state index in [4.69, 9.17) is 0 Å². The predicted molar refractivity (Wildman–Crippen MR) is 170 cm³/mol. The van der Waals surface area contributed by atoms with Crippen LogP contribution in [0.3, 0.4) is 0 Å². The number of carbonyl (C=O) groups excluding carboxylic acids is 5. The fraction of sp³-hybridized carbons (Fsp3) is 0.844.